The molecule has 1 aromatic heterocycles. The van der Waals surface area contributed by atoms with E-state index >= 15 is 0 Å². The molecule has 3 heterocycles. The highest BCUT2D eigenvalue weighted by molar-refractivity contribution is 7.91. The van der Waals surface area contributed by atoms with Gasteiger partial charge in [0.05, 0.1) is 18.0 Å². The van der Waals surface area contributed by atoms with Gasteiger partial charge in [-0.15, -0.1) is 12.6 Å². The summed E-state index contributed by atoms with van der Waals surface area (Å²) in [4.78, 5) is 35.7. The third kappa shape index (κ3) is 3.90. The summed E-state index contributed by atoms with van der Waals surface area (Å²) in [6, 6.07) is 0. The molecule has 0 atom stereocenters. The number of carbonyl (C=O) groups is 1. The number of amides is 1. The summed E-state index contributed by atoms with van der Waals surface area (Å²) in [5.41, 5.74) is -0.230. The Morgan fingerprint density at radius 2 is 1.72 bits per heavy atom. The minimum Gasteiger partial charge on any atom is -0.616 e. The lowest BCUT2D eigenvalue weighted by Crippen LogP contribution is -2.46. The summed E-state index contributed by atoms with van der Waals surface area (Å²) in [5.74, 6) is 1.49. The fourth-order valence-corrected chi connectivity index (χ4v) is 4.15. The highest BCUT2D eigenvalue weighted by atomic mass is 32.2. The Bertz CT molecular complexity index is 662. The van der Waals surface area contributed by atoms with Crippen LogP contribution >= 0.6 is 12.6 Å². The molecule has 25 heavy (non-hydrogen) atoms. The van der Waals surface area contributed by atoms with Gasteiger partial charge in [0.1, 0.15) is 11.5 Å². The molecule has 1 aromatic rings. The smallest absolute Gasteiger partial charge is 0.343 e. The van der Waals surface area contributed by atoms with Crippen LogP contribution in [-0.4, -0.2) is 81.5 Å². The SMILES string of the molecule is O=CN1CCN(c2nc(S)c([N+](=O)[O-])c(N3CC[S+]([O-])CC3)n2)CC1. The van der Waals surface area contributed by atoms with E-state index in [1.54, 1.807) is 9.80 Å². The summed E-state index contributed by atoms with van der Waals surface area (Å²) in [5, 5.41) is 11.5. The van der Waals surface area contributed by atoms with Crippen molar-refractivity contribution in [3.63, 3.8) is 0 Å². The van der Waals surface area contributed by atoms with Crippen LogP contribution in [0.3, 0.4) is 0 Å². The molecule has 0 saturated carbocycles. The van der Waals surface area contributed by atoms with Gasteiger partial charge in [-0.25, -0.2) is 0 Å². The average molecular weight is 386 g/mol. The molecule has 0 spiro atoms. The summed E-state index contributed by atoms with van der Waals surface area (Å²) in [6.45, 7) is 3.07. The van der Waals surface area contributed by atoms with Crippen molar-refractivity contribution in [2.45, 2.75) is 5.03 Å². The first-order valence-corrected chi connectivity index (χ1v) is 9.72. The number of hydrogen-bond donors (Lipinski definition) is 1. The molecule has 2 aliphatic heterocycles. The van der Waals surface area contributed by atoms with Gasteiger partial charge >= 0.3 is 5.69 Å². The number of hydrogen-bond acceptors (Lipinski definition) is 9. The van der Waals surface area contributed by atoms with Gasteiger partial charge in [-0.05, 0) is 0 Å². The molecule has 0 bridgehead atoms. The van der Waals surface area contributed by atoms with Gasteiger partial charge in [-0.1, -0.05) is 11.2 Å². The number of piperazine rings is 1. The van der Waals surface area contributed by atoms with Crippen molar-refractivity contribution in [2.75, 3.05) is 60.6 Å². The number of anilines is 2. The molecule has 0 aromatic carbocycles. The molecule has 3 rings (SSSR count). The van der Waals surface area contributed by atoms with E-state index in [9.17, 15) is 19.5 Å². The molecule has 12 heteroatoms. The first-order valence-electron chi connectivity index (χ1n) is 7.79. The zero-order chi connectivity index (χ0) is 18.0. The Balaban J connectivity index is 1.90. The number of nitro groups is 1. The third-order valence-electron chi connectivity index (χ3n) is 4.24. The zero-order valence-corrected chi connectivity index (χ0v) is 15.1. The van der Waals surface area contributed by atoms with Crippen molar-refractivity contribution < 1.29 is 14.3 Å². The Morgan fingerprint density at radius 1 is 1.08 bits per heavy atom. The monoisotopic (exact) mass is 386 g/mol. The lowest BCUT2D eigenvalue weighted by molar-refractivity contribution is -0.387. The molecule has 0 N–H and O–H groups in total. The lowest BCUT2D eigenvalue weighted by Gasteiger charge is -2.33. The van der Waals surface area contributed by atoms with E-state index in [-0.39, 0.29) is 16.5 Å². The quantitative estimate of drug-likeness (QED) is 0.184. The van der Waals surface area contributed by atoms with E-state index in [4.69, 9.17) is 0 Å². The topological polar surface area (TPSA) is 119 Å². The van der Waals surface area contributed by atoms with Crippen molar-refractivity contribution in [1.29, 1.82) is 0 Å². The maximum atomic E-state index is 11.6. The van der Waals surface area contributed by atoms with Crippen LogP contribution < -0.4 is 9.80 Å². The highest BCUT2D eigenvalue weighted by Crippen LogP contribution is 2.34. The van der Waals surface area contributed by atoms with Crippen LogP contribution in [0.15, 0.2) is 5.03 Å². The standard InChI is InChI=1S/C13H18N6O4S2/c20-9-16-1-3-18(4-2-16)13-14-11(10(19(21)22)12(24)15-13)17-5-7-25(23)8-6-17/h9H,1-8H2,(H,14,15,24). The number of thiol groups is 1. The summed E-state index contributed by atoms with van der Waals surface area (Å²) in [6.07, 6.45) is 0.803. The molecule has 0 unspecified atom stereocenters. The second-order valence-electron chi connectivity index (χ2n) is 5.74. The second-order valence-corrected chi connectivity index (χ2v) is 7.86. The third-order valence-corrected chi connectivity index (χ3v) is 5.83. The van der Waals surface area contributed by atoms with Crippen LogP contribution in [0.1, 0.15) is 0 Å². The Kier molecular flexibility index (Phi) is 5.49. The lowest BCUT2D eigenvalue weighted by atomic mass is 10.3. The number of carbonyl (C=O) groups excluding carboxylic acids is 1. The first-order chi connectivity index (χ1) is 12.0. The van der Waals surface area contributed by atoms with E-state index in [1.807, 2.05) is 4.90 Å². The van der Waals surface area contributed by atoms with Crippen LogP contribution in [0.2, 0.25) is 0 Å². The average Bonchev–Trinajstić information content (AvgIpc) is 2.61. The van der Waals surface area contributed by atoms with E-state index < -0.39 is 16.1 Å². The van der Waals surface area contributed by atoms with E-state index in [0.717, 1.165) is 6.41 Å². The fourth-order valence-electron chi connectivity index (χ4n) is 2.82. The largest absolute Gasteiger partial charge is 0.616 e. The zero-order valence-electron chi connectivity index (χ0n) is 13.4. The van der Waals surface area contributed by atoms with Gasteiger partial charge in [0, 0.05) is 26.2 Å². The number of rotatable bonds is 4. The van der Waals surface area contributed by atoms with Gasteiger partial charge in [0.2, 0.25) is 18.2 Å². The van der Waals surface area contributed by atoms with Gasteiger partial charge < -0.3 is 19.3 Å². The van der Waals surface area contributed by atoms with Crippen LogP contribution in [-0.2, 0) is 16.0 Å². The van der Waals surface area contributed by atoms with E-state index in [1.165, 1.54) is 0 Å². The van der Waals surface area contributed by atoms with Crippen molar-refractivity contribution in [1.82, 2.24) is 14.9 Å². The molecule has 10 nitrogen and oxygen atoms in total. The van der Waals surface area contributed by atoms with Gasteiger partial charge in [0.15, 0.2) is 5.03 Å². The minimum absolute atomic E-state index is 0.00881. The maximum absolute atomic E-state index is 11.6. The molecule has 2 saturated heterocycles. The highest BCUT2D eigenvalue weighted by Gasteiger charge is 2.32. The number of nitrogens with zero attached hydrogens (tertiary/aromatic N) is 6. The Labute approximate surface area is 152 Å². The van der Waals surface area contributed by atoms with E-state index in [2.05, 4.69) is 22.6 Å². The van der Waals surface area contributed by atoms with Gasteiger partial charge in [-0.3, -0.25) is 14.9 Å². The van der Waals surface area contributed by atoms with Crippen LogP contribution in [0.5, 0.6) is 0 Å². The van der Waals surface area contributed by atoms with Gasteiger partial charge in [-0.2, -0.15) is 9.97 Å². The first kappa shape index (κ1) is 18.0. The van der Waals surface area contributed by atoms with Crippen molar-refractivity contribution >= 4 is 47.7 Å². The molecular formula is C13H18N6O4S2. The Morgan fingerprint density at radius 3 is 2.28 bits per heavy atom. The minimum atomic E-state index is -0.895. The molecule has 2 fully saturated rings. The Hall–Kier alpha value is -1.79. The summed E-state index contributed by atoms with van der Waals surface area (Å²) >= 11 is 3.30. The molecular weight excluding hydrogens is 368 g/mol. The van der Waals surface area contributed by atoms with Crippen LogP contribution in [0.25, 0.3) is 0 Å². The molecule has 0 aliphatic carbocycles. The van der Waals surface area contributed by atoms with Crippen LogP contribution in [0.4, 0.5) is 17.5 Å². The van der Waals surface area contributed by atoms with Crippen molar-refractivity contribution in [3.8, 4) is 0 Å². The molecule has 2 aliphatic rings. The summed E-state index contributed by atoms with van der Waals surface area (Å²) in [7, 11) is 0. The fraction of sp³-hybridized carbons (Fsp3) is 0.615. The van der Waals surface area contributed by atoms with Crippen molar-refractivity contribution in [3.05, 3.63) is 10.1 Å². The van der Waals surface area contributed by atoms with Crippen molar-refractivity contribution in [2.24, 2.45) is 0 Å². The van der Waals surface area contributed by atoms with Gasteiger partial charge in [0.25, 0.3) is 0 Å². The second kappa shape index (κ2) is 7.62. The predicted octanol–water partition coefficient (Wildman–Crippen LogP) is -0.479. The van der Waals surface area contributed by atoms with Crippen LogP contribution in [0, 0.1) is 10.1 Å². The predicted molar refractivity (Wildman–Crippen MR) is 95.9 cm³/mol. The van der Waals surface area contributed by atoms with E-state index in [0.29, 0.717) is 56.7 Å². The molecule has 0 radical (unpaired) electrons. The molecule has 1 amide bonds. The molecule has 136 valence electrons. The normalized spacial score (nSPS) is 19.2. The summed E-state index contributed by atoms with van der Waals surface area (Å²) < 4.78 is 11.6. The maximum Gasteiger partial charge on any atom is 0.343 e. The number of aromatic nitrogens is 2.